The number of aliphatic hydroxyl groups is 1. The van der Waals surface area contributed by atoms with Crippen LogP contribution in [0.15, 0.2) is 22.8 Å². The summed E-state index contributed by atoms with van der Waals surface area (Å²) in [4.78, 5) is 0. The van der Waals surface area contributed by atoms with Gasteiger partial charge in [-0.25, -0.2) is 0 Å². The Kier molecular flexibility index (Phi) is 3.12. The van der Waals surface area contributed by atoms with Crippen LogP contribution < -0.4 is 0 Å². The summed E-state index contributed by atoms with van der Waals surface area (Å²) in [6.07, 6.45) is 6.07. The predicted octanol–water partition coefficient (Wildman–Crippen LogP) is 2.14. The zero-order valence-corrected chi connectivity index (χ0v) is 9.11. The first kappa shape index (κ1) is 10.7. The molecule has 84 valence electrons. The van der Waals surface area contributed by atoms with Crippen LogP contribution in [0.25, 0.3) is 0 Å². The largest absolute Gasteiger partial charge is 0.469 e. The van der Waals surface area contributed by atoms with Gasteiger partial charge in [-0.15, -0.1) is 0 Å². The van der Waals surface area contributed by atoms with E-state index < -0.39 is 5.60 Å². The molecule has 1 aromatic rings. The number of rotatable bonds is 3. The Morgan fingerprint density at radius 3 is 3.20 bits per heavy atom. The zero-order valence-electron chi connectivity index (χ0n) is 9.11. The summed E-state index contributed by atoms with van der Waals surface area (Å²) in [7, 11) is 1.71. The first-order valence-corrected chi connectivity index (χ1v) is 5.49. The van der Waals surface area contributed by atoms with E-state index in [0.717, 1.165) is 25.0 Å². The fourth-order valence-corrected chi connectivity index (χ4v) is 2.39. The standard InChI is InChI=1S/C12H18O3/c1-14-10-4-2-6-12(13,8-10)9-11-5-3-7-15-11/h3,5,7,10,13H,2,4,6,8-9H2,1H3. The molecule has 1 aliphatic carbocycles. The molecule has 15 heavy (non-hydrogen) atoms. The topological polar surface area (TPSA) is 42.6 Å². The third kappa shape index (κ3) is 2.61. The molecule has 1 saturated carbocycles. The molecule has 1 heterocycles. The molecule has 0 spiro atoms. The first-order valence-electron chi connectivity index (χ1n) is 5.49. The van der Waals surface area contributed by atoms with E-state index in [1.807, 2.05) is 12.1 Å². The van der Waals surface area contributed by atoms with E-state index in [9.17, 15) is 5.11 Å². The van der Waals surface area contributed by atoms with Gasteiger partial charge in [-0.3, -0.25) is 0 Å². The third-order valence-corrected chi connectivity index (χ3v) is 3.19. The second-order valence-electron chi connectivity index (χ2n) is 4.43. The van der Waals surface area contributed by atoms with Crippen LogP contribution in [0, 0.1) is 0 Å². The summed E-state index contributed by atoms with van der Waals surface area (Å²) in [5.41, 5.74) is -0.642. The Labute approximate surface area is 90.0 Å². The highest BCUT2D eigenvalue weighted by Crippen LogP contribution is 2.32. The van der Waals surface area contributed by atoms with Gasteiger partial charge >= 0.3 is 0 Å². The molecule has 0 aromatic carbocycles. The van der Waals surface area contributed by atoms with E-state index in [1.54, 1.807) is 13.4 Å². The van der Waals surface area contributed by atoms with Gasteiger partial charge in [-0.05, 0) is 31.4 Å². The minimum absolute atomic E-state index is 0.193. The van der Waals surface area contributed by atoms with E-state index in [1.165, 1.54) is 0 Å². The molecule has 2 atom stereocenters. The van der Waals surface area contributed by atoms with Crippen molar-refractivity contribution in [3.05, 3.63) is 24.2 Å². The average Bonchev–Trinajstić information content (AvgIpc) is 2.69. The van der Waals surface area contributed by atoms with Crippen LogP contribution >= 0.6 is 0 Å². The van der Waals surface area contributed by atoms with E-state index in [4.69, 9.17) is 9.15 Å². The van der Waals surface area contributed by atoms with Crippen molar-refractivity contribution < 1.29 is 14.3 Å². The lowest BCUT2D eigenvalue weighted by atomic mass is 9.80. The molecule has 1 aromatic heterocycles. The van der Waals surface area contributed by atoms with Crippen LogP contribution in [0.3, 0.4) is 0 Å². The van der Waals surface area contributed by atoms with E-state index >= 15 is 0 Å². The van der Waals surface area contributed by atoms with Gasteiger partial charge in [0.25, 0.3) is 0 Å². The molecule has 3 heteroatoms. The molecule has 0 amide bonds. The van der Waals surface area contributed by atoms with Crippen LogP contribution in [-0.4, -0.2) is 23.9 Å². The lowest BCUT2D eigenvalue weighted by molar-refractivity contribution is -0.0604. The number of hydrogen-bond donors (Lipinski definition) is 1. The van der Waals surface area contributed by atoms with Crippen LogP contribution in [-0.2, 0) is 11.2 Å². The lowest BCUT2D eigenvalue weighted by Gasteiger charge is -2.35. The van der Waals surface area contributed by atoms with Crippen molar-refractivity contribution in [1.29, 1.82) is 0 Å². The van der Waals surface area contributed by atoms with E-state index in [2.05, 4.69) is 0 Å². The van der Waals surface area contributed by atoms with Crippen molar-refractivity contribution in [2.75, 3.05) is 7.11 Å². The summed E-state index contributed by atoms with van der Waals surface area (Å²) in [5, 5.41) is 10.4. The van der Waals surface area contributed by atoms with Crippen molar-refractivity contribution in [1.82, 2.24) is 0 Å². The van der Waals surface area contributed by atoms with Crippen LogP contribution in [0.5, 0.6) is 0 Å². The molecular weight excluding hydrogens is 192 g/mol. The Morgan fingerprint density at radius 2 is 2.53 bits per heavy atom. The summed E-state index contributed by atoms with van der Waals surface area (Å²) in [6.45, 7) is 0. The van der Waals surface area contributed by atoms with Crippen molar-refractivity contribution >= 4 is 0 Å². The van der Waals surface area contributed by atoms with Crippen molar-refractivity contribution in [2.24, 2.45) is 0 Å². The monoisotopic (exact) mass is 210 g/mol. The van der Waals surface area contributed by atoms with Gasteiger partial charge in [-0.1, -0.05) is 0 Å². The van der Waals surface area contributed by atoms with Crippen molar-refractivity contribution in [3.8, 4) is 0 Å². The molecular formula is C12H18O3. The maximum Gasteiger partial charge on any atom is 0.106 e. The molecule has 0 bridgehead atoms. The minimum Gasteiger partial charge on any atom is -0.469 e. The SMILES string of the molecule is COC1CCCC(O)(Cc2ccco2)C1. The van der Waals surface area contributed by atoms with Crippen LogP contribution in [0.1, 0.15) is 31.4 Å². The second kappa shape index (κ2) is 4.37. The van der Waals surface area contributed by atoms with E-state index in [0.29, 0.717) is 12.8 Å². The van der Waals surface area contributed by atoms with Crippen LogP contribution in [0.2, 0.25) is 0 Å². The first-order chi connectivity index (χ1) is 7.22. The molecule has 1 fully saturated rings. The lowest BCUT2D eigenvalue weighted by Crippen LogP contribution is -2.40. The van der Waals surface area contributed by atoms with Gasteiger partial charge in [0.2, 0.25) is 0 Å². The highest BCUT2D eigenvalue weighted by atomic mass is 16.5. The maximum absolute atomic E-state index is 10.4. The maximum atomic E-state index is 10.4. The summed E-state index contributed by atoms with van der Waals surface area (Å²) < 4.78 is 10.6. The van der Waals surface area contributed by atoms with Gasteiger partial charge in [0.05, 0.1) is 18.0 Å². The Balaban J connectivity index is 1.99. The molecule has 2 rings (SSSR count). The Bertz CT molecular complexity index is 294. The van der Waals surface area contributed by atoms with Gasteiger partial charge in [0, 0.05) is 20.0 Å². The smallest absolute Gasteiger partial charge is 0.106 e. The minimum atomic E-state index is -0.642. The fraction of sp³-hybridized carbons (Fsp3) is 0.667. The molecule has 0 radical (unpaired) electrons. The average molecular weight is 210 g/mol. The number of methoxy groups -OCH3 is 1. The zero-order chi connectivity index (χ0) is 10.7. The van der Waals surface area contributed by atoms with E-state index in [-0.39, 0.29) is 6.10 Å². The second-order valence-corrected chi connectivity index (χ2v) is 4.43. The van der Waals surface area contributed by atoms with Gasteiger partial charge in [0.15, 0.2) is 0 Å². The Morgan fingerprint density at radius 1 is 1.67 bits per heavy atom. The summed E-state index contributed by atoms with van der Waals surface area (Å²) in [5.74, 6) is 0.856. The summed E-state index contributed by atoms with van der Waals surface area (Å²) >= 11 is 0. The quantitative estimate of drug-likeness (QED) is 0.831. The Hall–Kier alpha value is -0.800. The van der Waals surface area contributed by atoms with Crippen molar-refractivity contribution in [2.45, 2.75) is 43.8 Å². The predicted molar refractivity (Wildman–Crippen MR) is 56.6 cm³/mol. The van der Waals surface area contributed by atoms with Crippen molar-refractivity contribution in [3.63, 3.8) is 0 Å². The molecule has 1 aliphatic rings. The molecule has 2 unspecified atom stereocenters. The van der Waals surface area contributed by atoms with Gasteiger partial charge in [0.1, 0.15) is 5.76 Å². The normalized spacial score (nSPS) is 31.7. The number of ether oxygens (including phenoxy) is 1. The fourth-order valence-electron chi connectivity index (χ4n) is 2.39. The highest BCUT2D eigenvalue weighted by Gasteiger charge is 2.35. The number of furan rings is 1. The third-order valence-electron chi connectivity index (χ3n) is 3.19. The van der Waals surface area contributed by atoms with Gasteiger partial charge < -0.3 is 14.3 Å². The molecule has 0 saturated heterocycles. The highest BCUT2D eigenvalue weighted by molar-refractivity contribution is 5.04. The summed E-state index contributed by atoms with van der Waals surface area (Å²) in [6, 6.07) is 3.77. The molecule has 3 nitrogen and oxygen atoms in total. The van der Waals surface area contributed by atoms with Crippen LogP contribution in [0.4, 0.5) is 0 Å². The molecule has 1 N–H and O–H groups in total. The van der Waals surface area contributed by atoms with Gasteiger partial charge in [-0.2, -0.15) is 0 Å². The number of hydrogen-bond acceptors (Lipinski definition) is 3. The molecule has 0 aliphatic heterocycles.